The molecule has 1 fully saturated rings. The molecular formula is C22H39IN4O2. The van der Waals surface area contributed by atoms with Crippen LogP contribution in [0.4, 0.5) is 0 Å². The Kier molecular flexibility index (Phi) is 13.1. The van der Waals surface area contributed by atoms with Crippen molar-refractivity contribution in [3.63, 3.8) is 0 Å². The van der Waals surface area contributed by atoms with Crippen molar-refractivity contribution in [3.05, 3.63) is 23.8 Å². The lowest BCUT2D eigenvalue weighted by molar-refractivity contribution is 0.236. The maximum atomic E-state index is 5.66. The number of nitrogens with zero attached hydrogens (tertiary/aromatic N) is 2. The molecule has 0 bridgehead atoms. The third-order valence-electron chi connectivity index (χ3n) is 5.32. The number of halogens is 1. The zero-order chi connectivity index (χ0) is 20.2. The fourth-order valence-corrected chi connectivity index (χ4v) is 3.72. The number of hydrogen-bond acceptors (Lipinski definition) is 4. The van der Waals surface area contributed by atoms with Gasteiger partial charge in [-0.3, -0.25) is 9.89 Å². The van der Waals surface area contributed by atoms with E-state index in [0.717, 1.165) is 43.4 Å². The first-order chi connectivity index (χ1) is 13.7. The topological polar surface area (TPSA) is 58.1 Å². The molecule has 1 aromatic rings. The van der Waals surface area contributed by atoms with Gasteiger partial charge < -0.3 is 20.1 Å². The molecule has 0 aliphatic carbocycles. The lowest BCUT2D eigenvalue weighted by Crippen LogP contribution is -2.46. The highest BCUT2D eigenvalue weighted by Gasteiger charge is 2.20. The summed E-state index contributed by atoms with van der Waals surface area (Å²) in [6.45, 7) is 9.20. The predicted octanol–water partition coefficient (Wildman–Crippen LogP) is 3.68. The second kappa shape index (κ2) is 14.7. The number of rotatable bonds is 11. The predicted molar refractivity (Wildman–Crippen MR) is 132 cm³/mol. The van der Waals surface area contributed by atoms with Crippen LogP contribution >= 0.6 is 24.0 Å². The van der Waals surface area contributed by atoms with Gasteiger partial charge in [0.05, 0.1) is 13.7 Å². The summed E-state index contributed by atoms with van der Waals surface area (Å²) in [7, 11) is 3.51. The van der Waals surface area contributed by atoms with Gasteiger partial charge in [0.1, 0.15) is 0 Å². The highest BCUT2D eigenvalue weighted by Crippen LogP contribution is 2.28. The molecule has 0 spiro atoms. The molecule has 1 saturated heterocycles. The molecule has 7 heteroatoms. The van der Waals surface area contributed by atoms with Crippen LogP contribution in [0.1, 0.15) is 45.1 Å². The van der Waals surface area contributed by atoms with Crippen molar-refractivity contribution in [2.24, 2.45) is 4.99 Å². The zero-order valence-electron chi connectivity index (χ0n) is 18.5. The molecule has 29 heavy (non-hydrogen) atoms. The van der Waals surface area contributed by atoms with Crippen LogP contribution in [-0.2, 0) is 6.42 Å². The van der Waals surface area contributed by atoms with E-state index in [9.17, 15) is 0 Å². The number of likely N-dealkylation sites (tertiary alicyclic amines) is 1. The molecule has 0 saturated carbocycles. The summed E-state index contributed by atoms with van der Waals surface area (Å²) in [5.74, 6) is 2.50. The average molecular weight is 518 g/mol. The minimum Gasteiger partial charge on any atom is -0.493 e. The van der Waals surface area contributed by atoms with E-state index < -0.39 is 0 Å². The summed E-state index contributed by atoms with van der Waals surface area (Å²) in [5, 5.41) is 6.93. The fourth-order valence-electron chi connectivity index (χ4n) is 3.72. The van der Waals surface area contributed by atoms with E-state index in [-0.39, 0.29) is 24.0 Å². The fraction of sp³-hybridized carbons (Fsp3) is 0.682. The lowest BCUT2D eigenvalue weighted by Gasteiger charge is -2.27. The van der Waals surface area contributed by atoms with Gasteiger partial charge in [-0.05, 0) is 69.8 Å². The highest BCUT2D eigenvalue weighted by molar-refractivity contribution is 14.0. The molecule has 1 atom stereocenters. The zero-order valence-corrected chi connectivity index (χ0v) is 20.8. The average Bonchev–Trinajstić information content (AvgIpc) is 3.25. The van der Waals surface area contributed by atoms with Crippen LogP contribution in [-0.4, -0.2) is 63.8 Å². The molecule has 0 radical (unpaired) electrons. The van der Waals surface area contributed by atoms with Gasteiger partial charge in [0.25, 0.3) is 0 Å². The molecule has 2 rings (SSSR count). The first-order valence-corrected chi connectivity index (χ1v) is 10.7. The summed E-state index contributed by atoms with van der Waals surface area (Å²) < 4.78 is 11.0. The SMILES string of the molecule is CCOc1cc(CCCNC(=NC)NCC(CC)N2CCCC2)ccc1OC.I. The minimum absolute atomic E-state index is 0. The van der Waals surface area contributed by atoms with E-state index in [2.05, 4.69) is 39.6 Å². The third-order valence-corrected chi connectivity index (χ3v) is 5.32. The van der Waals surface area contributed by atoms with E-state index in [0.29, 0.717) is 12.6 Å². The van der Waals surface area contributed by atoms with Gasteiger partial charge in [-0.1, -0.05) is 13.0 Å². The molecule has 1 heterocycles. The molecule has 1 unspecified atom stereocenters. The summed E-state index contributed by atoms with van der Waals surface area (Å²) in [6, 6.07) is 6.77. The Balaban J connectivity index is 0.00000420. The number of methoxy groups -OCH3 is 1. The van der Waals surface area contributed by atoms with Crippen molar-refractivity contribution in [1.29, 1.82) is 0 Å². The van der Waals surface area contributed by atoms with Gasteiger partial charge in [-0.2, -0.15) is 0 Å². The van der Waals surface area contributed by atoms with Crippen LogP contribution in [0.2, 0.25) is 0 Å². The first kappa shape index (κ1) is 25.8. The Bertz CT molecular complexity index is 606. The second-order valence-electron chi connectivity index (χ2n) is 7.21. The van der Waals surface area contributed by atoms with Gasteiger partial charge in [-0.15, -0.1) is 24.0 Å². The van der Waals surface area contributed by atoms with E-state index in [1.807, 2.05) is 20.0 Å². The van der Waals surface area contributed by atoms with Crippen LogP contribution in [0.25, 0.3) is 0 Å². The Labute approximate surface area is 193 Å². The van der Waals surface area contributed by atoms with Crippen LogP contribution in [0.3, 0.4) is 0 Å². The van der Waals surface area contributed by atoms with Gasteiger partial charge in [-0.25, -0.2) is 0 Å². The number of aryl methyl sites for hydroxylation is 1. The van der Waals surface area contributed by atoms with E-state index >= 15 is 0 Å². The summed E-state index contributed by atoms with van der Waals surface area (Å²) >= 11 is 0. The van der Waals surface area contributed by atoms with Crippen LogP contribution < -0.4 is 20.1 Å². The molecule has 1 aliphatic heterocycles. The van der Waals surface area contributed by atoms with Crippen molar-refractivity contribution >= 4 is 29.9 Å². The monoisotopic (exact) mass is 518 g/mol. The summed E-state index contributed by atoms with van der Waals surface area (Å²) in [4.78, 5) is 6.96. The Morgan fingerprint density at radius 2 is 1.93 bits per heavy atom. The summed E-state index contributed by atoms with van der Waals surface area (Å²) in [5.41, 5.74) is 1.26. The van der Waals surface area contributed by atoms with Gasteiger partial charge in [0.2, 0.25) is 0 Å². The van der Waals surface area contributed by atoms with Gasteiger partial charge >= 0.3 is 0 Å². The quantitative estimate of drug-likeness (QED) is 0.203. The Morgan fingerprint density at radius 3 is 2.55 bits per heavy atom. The number of hydrogen-bond donors (Lipinski definition) is 2. The normalized spacial score (nSPS) is 15.5. The maximum absolute atomic E-state index is 5.66. The highest BCUT2D eigenvalue weighted by atomic mass is 127. The van der Waals surface area contributed by atoms with Gasteiger partial charge in [0, 0.05) is 26.2 Å². The maximum Gasteiger partial charge on any atom is 0.191 e. The van der Waals surface area contributed by atoms with E-state index in [1.54, 1.807) is 7.11 Å². The molecule has 6 nitrogen and oxygen atoms in total. The van der Waals surface area contributed by atoms with Crippen molar-refractivity contribution in [3.8, 4) is 11.5 Å². The minimum atomic E-state index is 0. The van der Waals surface area contributed by atoms with Crippen LogP contribution in [0.5, 0.6) is 11.5 Å². The third kappa shape index (κ3) is 8.58. The molecule has 1 aliphatic rings. The van der Waals surface area contributed by atoms with E-state index in [4.69, 9.17) is 9.47 Å². The lowest BCUT2D eigenvalue weighted by atomic mass is 10.1. The van der Waals surface area contributed by atoms with Crippen molar-refractivity contribution < 1.29 is 9.47 Å². The molecule has 0 amide bonds. The van der Waals surface area contributed by atoms with Gasteiger partial charge in [0.15, 0.2) is 17.5 Å². The first-order valence-electron chi connectivity index (χ1n) is 10.7. The second-order valence-corrected chi connectivity index (χ2v) is 7.21. The largest absolute Gasteiger partial charge is 0.493 e. The molecule has 166 valence electrons. The number of ether oxygens (including phenoxy) is 2. The van der Waals surface area contributed by atoms with Crippen molar-refractivity contribution in [1.82, 2.24) is 15.5 Å². The number of aliphatic imine (C=N–C) groups is 1. The molecule has 1 aromatic carbocycles. The van der Waals surface area contributed by atoms with E-state index in [1.165, 1.54) is 37.9 Å². The molecule has 2 N–H and O–H groups in total. The number of benzene rings is 1. The smallest absolute Gasteiger partial charge is 0.191 e. The molecular weight excluding hydrogens is 479 g/mol. The Morgan fingerprint density at radius 1 is 1.17 bits per heavy atom. The summed E-state index contributed by atoms with van der Waals surface area (Å²) in [6.07, 6.45) is 5.85. The Hall–Kier alpha value is -1.22. The van der Waals surface area contributed by atoms with Crippen molar-refractivity contribution in [2.75, 3.05) is 46.9 Å². The number of nitrogens with one attached hydrogen (secondary N) is 2. The van der Waals surface area contributed by atoms with Crippen LogP contribution in [0.15, 0.2) is 23.2 Å². The molecule has 0 aromatic heterocycles. The van der Waals surface area contributed by atoms with Crippen molar-refractivity contribution in [2.45, 2.75) is 52.0 Å². The van der Waals surface area contributed by atoms with Crippen LogP contribution in [0, 0.1) is 0 Å². The number of guanidine groups is 1. The standard InChI is InChI=1S/C22H38N4O2.HI/c1-5-19(26-14-7-8-15-26)17-25-22(23-3)24-13-9-10-18-11-12-20(27-4)21(16-18)28-6-2;/h11-12,16,19H,5-10,13-15,17H2,1-4H3,(H2,23,24,25);1H.